The number of hydrogen-bond acceptors (Lipinski definition) is 14. The molecule has 2 aliphatic heterocycles. The van der Waals surface area contributed by atoms with Gasteiger partial charge in [-0.25, -0.2) is 28.1 Å². The van der Waals surface area contributed by atoms with Crippen LogP contribution in [0.25, 0.3) is 34.2 Å². The number of halogens is 8. The average Bonchev–Trinajstić information content (AvgIpc) is 4.08. The molecule has 4 heterocycles. The first-order chi connectivity index (χ1) is 38.7. The van der Waals surface area contributed by atoms with Crippen LogP contribution in [0.5, 0.6) is 11.5 Å². The van der Waals surface area contributed by atoms with Gasteiger partial charge in [-0.3, -0.25) is 14.6 Å². The van der Waals surface area contributed by atoms with Gasteiger partial charge in [0.1, 0.15) is 41.5 Å². The van der Waals surface area contributed by atoms with E-state index in [4.69, 9.17) is 0 Å². The van der Waals surface area contributed by atoms with E-state index >= 15 is 8.78 Å². The lowest BCUT2D eigenvalue weighted by atomic mass is 9.90. The fourth-order valence-electron chi connectivity index (χ4n) is 8.74. The zero-order valence-corrected chi connectivity index (χ0v) is 44.1. The molecule has 26 heteroatoms. The highest BCUT2D eigenvalue weighted by molar-refractivity contribution is 8.15. The van der Waals surface area contributed by atoms with Crippen molar-refractivity contribution >= 4 is 63.6 Å². The van der Waals surface area contributed by atoms with E-state index in [2.05, 4.69) is 50.0 Å². The summed E-state index contributed by atoms with van der Waals surface area (Å²) >= 11 is 2.24. The second-order valence-corrected chi connectivity index (χ2v) is 20.3. The summed E-state index contributed by atoms with van der Waals surface area (Å²) in [5, 5.41) is 39.2. The summed E-state index contributed by atoms with van der Waals surface area (Å²) in [6.07, 6.45) is -4.04. The van der Waals surface area contributed by atoms with Gasteiger partial charge in [0, 0.05) is 23.3 Å². The lowest BCUT2D eigenvalue weighted by Gasteiger charge is -2.35. The molecule has 1 amide bonds. The van der Waals surface area contributed by atoms with Crippen LogP contribution in [-0.4, -0.2) is 93.3 Å². The Balaban J connectivity index is 0.856. The number of hydrogen-bond donors (Lipinski definition) is 1. The number of aliphatic hydroxyl groups is 1. The van der Waals surface area contributed by atoms with Crippen LogP contribution in [0.4, 0.5) is 46.5 Å². The summed E-state index contributed by atoms with van der Waals surface area (Å²) in [6.45, 7) is 5.75. The second kappa shape index (κ2) is 22.8. The Morgan fingerprint density at radius 2 is 1.16 bits per heavy atom. The number of alkyl halides is 6. The van der Waals surface area contributed by atoms with Crippen LogP contribution >= 0.6 is 23.5 Å². The van der Waals surface area contributed by atoms with Crippen LogP contribution in [-0.2, 0) is 11.2 Å². The summed E-state index contributed by atoms with van der Waals surface area (Å²) in [4.78, 5) is 25.1. The minimum atomic E-state index is -4.83. The SMILES string of the molecule is Cc1c(CC2(O)CSC(=NN=Cc3ccc(-c4ncn(-c5ccc(OC(F)(F)F)cc5)n4)cc3)N2c2c(F)cccc2F)ccc(C(C)C)c1N1C(=O)CSC1=NN=Cc1ccc(-c2ncn(-c3ccc(OC(F)(F)F)cc3)n2)cc1. The Hall–Kier alpha value is -8.75. The molecule has 8 aromatic rings. The van der Waals surface area contributed by atoms with Gasteiger partial charge in [-0.2, -0.15) is 10.2 Å². The highest BCUT2D eigenvalue weighted by atomic mass is 32.2. The van der Waals surface area contributed by atoms with Gasteiger partial charge < -0.3 is 14.6 Å². The van der Waals surface area contributed by atoms with Gasteiger partial charge >= 0.3 is 12.7 Å². The molecule has 2 saturated heterocycles. The van der Waals surface area contributed by atoms with Gasteiger partial charge in [0.15, 0.2) is 27.7 Å². The maximum atomic E-state index is 15.8. The summed E-state index contributed by atoms with van der Waals surface area (Å²) in [5.41, 5.74) is 3.41. The topological polar surface area (TPSA) is 173 Å². The number of thioether (sulfide) groups is 2. The summed E-state index contributed by atoms with van der Waals surface area (Å²) < 4.78 is 118. The fourth-order valence-corrected chi connectivity index (χ4v) is 10.6. The van der Waals surface area contributed by atoms with Gasteiger partial charge in [-0.15, -0.1) is 46.7 Å². The molecular formula is C55H42F8N12O4S2. The van der Waals surface area contributed by atoms with Crippen molar-refractivity contribution in [2.24, 2.45) is 20.4 Å². The number of para-hydroxylation sites is 1. The largest absolute Gasteiger partial charge is 0.573 e. The smallest absolute Gasteiger partial charge is 0.406 e. The minimum Gasteiger partial charge on any atom is -0.406 e. The van der Waals surface area contributed by atoms with E-state index < -0.39 is 35.8 Å². The van der Waals surface area contributed by atoms with Crippen molar-refractivity contribution in [2.45, 2.75) is 51.6 Å². The molecule has 6 aromatic carbocycles. The van der Waals surface area contributed by atoms with E-state index in [-0.39, 0.29) is 46.4 Å². The number of carbonyl (C=O) groups excluding carboxylic acids is 1. The van der Waals surface area contributed by atoms with E-state index in [9.17, 15) is 36.2 Å². The average molecular weight is 1150 g/mol. The van der Waals surface area contributed by atoms with E-state index in [0.29, 0.717) is 67.3 Å². The number of aromatic nitrogens is 6. The first kappa shape index (κ1) is 55.6. The molecule has 0 saturated carbocycles. The summed E-state index contributed by atoms with van der Waals surface area (Å²) in [5.74, 6) is -2.33. The molecule has 0 aliphatic carbocycles. The van der Waals surface area contributed by atoms with Gasteiger partial charge in [0.25, 0.3) is 0 Å². The molecule has 2 aliphatic rings. The Morgan fingerprint density at radius 3 is 1.64 bits per heavy atom. The third kappa shape index (κ3) is 12.7. The maximum Gasteiger partial charge on any atom is 0.573 e. The molecule has 414 valence electrons. The van der Waals surface area contributed by atoms with Crippen molar-refractivity contribution in [2.75, 3.05) is 21.3 Å². The quantitative estimate of drug-likeness (QED) is 0.0588. The summed E-state index contributed by atoms with van der Waals surface area (Å²) in [6, 6.07) is 31.3. The molecule has 2 fully saturated rings. The lowest BCUT2D eigenvalue weighted by Crippen LogP contribution is -2.50. The zero-order valence-electron chi connectivity index (χ0n) is 42.5. The first-order valence-corrected chi connectivity index (χ1v) is 26.3. The Morgan fingerprint density at radius 1 is 0.667 bits per heavy atom. The van der Waals surface area contributed by atoms with Crippen molar-refractivity contribution < 1.29 is 54.5 Å². The van der Waals surface area contributed by atoms with Gasteiger partial charge in [0.2, 0.25) is 5.91 Å². The minimum absolute atomic E-state index is 0.00457. The number of carbonyl (C=O) groups is 1. The van der Waals surface area contributed by atoms with Crippen molar-refractivity contribution in [3.05, 3.63) is 180 Å². The molecule has 0 radical (unpaired) electrons. The van der Waals surface area contributed by atoms with Crippen LogP contribution in [0.1, 0.15) is 47.6 Å². The highest BCUT2D eigenvalue weighted by Crippen LogP contribution is 2.44. The predicted octanol–water partition coefficient (Wildman–Crippen LogP) is 12.0. The third-order valence-corrected chi connectivity index (χ3v) is 14.6. The van der Waals surface area contributed by atoms with E-state index in [1.165, 1.54) is 93.6 Å². The highest BCUT2D eigenvalue weighted by Gasteiger charge is 2.47. The van der Waals surface area contributed by atoms with Crippen molar-refractivity contribution in [1.29, 1.82) is 0 Å². The van der Waals surface area contributed by atoms with Crippen molar-refractivity contribution in [3.63, 3.8) is 0 Å². The van der Waals surface area contributed by atoms with Crippen LogP contribution in [0.2, 0.25) is 0 Å². The van der Waals surface area contributed by atoms with E-state index in [1.807, 2.05) is 26.0 Å². The van der Waals surface area contributed by atoms with Crippen LogP contribution in [0.3, 0.4) is 0 Å². The van der Waals surface area contributed by atoms with E-state index in [0.717, 1.165) is 46.5 Å². The Bertz CT molecular complexity index is 3720. The molecular weight excluding hydrogens is 1110 g/mol. The number of amidine groups is 2. The number of ether oxygens (including phenoxy) is 2. The molecule has 1 N–H and O–H groups in total. The molecule has 16 nitrogen and oxygen atoms in total. The predicted molar refractivity (Wildman–Crippen MR) is 292 cm³/mol. The van der Waals surface area contributed by atoms with Gasteiger partial charge in [-0.1, -0.05) is 104 Å². The first-order valence-electron chi connectivity index (χ1n) is 24.3. The molecule has 10 rings (SSSR count). The zero-order chi connectivity index (χ0) is 57.2. The molecule has 81 heavy (non-hydrogen) atoms. The second-order valence-electron chi connectivity index (χ2n) is 18.4. The van der Waals surface area contributed by atoms with Gasteiger partial charge in [-0.05, 0) is 101 Å². The number of benzene rings is 6. The lowest BCUT2D eigenvalue weighted by molar-refractivity contribution is -0.275. The normalized spacial score (nSPS) is 17.1. The van der Waals surface area contributed by atoms with Crippen molar-refractivity contribution in [1.82, 2.24) is 29.5 Å². The Labute approximate surface area is 464 Å². The standard InChI is InChI=1S/C55H42F8N12O4S2/c1-32(2)43-24-15-38(33(3)47(43)74-46(76)28-80-51(74)68-66-26-34-7-11-36(12-8-34)49-64-30-72(70-49)39-16-20-41(21-17-39)78-54(58,59)60)25-53(77)29-81-52(75(53)48-44(56)5-4-6-45(48)57)69-67-27-35-9-13-37(14-10-35)50-65-31-73(71-50)40-18-22-42(23-19-40)79-55(61,62)63/h4-24,26-27,30-32,77H,25,28-29H2,1-3H3. The third-order valence-electron chi connectivity index (χ3n) is 12.6. The number of rotatable bonds is 15. The number of nitrogens with zero attached hydrogens (tertiary/aromatic N) is 12. The monoisotopic (exact) mass is 1150 g/mol. The maximum absolute atomic E-state index is 15.8. The van der Waals surface area contributed by atoms with Crippen molar-refractivity contribution in [3.8, 4) is 45.6 Å². The fraction of sp³-hybridized carbons (Fsp3) is 0.182. The number of anilines is 2. The van der Waals surface area contributed by atoms with Crippen LogP contribution < -0.4 is 19.3 Å². The Kier molecular flexibility index (Phi) is 15.6. The van der Waals surface area contributed by atoms with Gasteiger partial charge in [0.05, 0.1) is 35.2 Å². The van der Waals surface area contributed by atoms with Crippen LogP contribution in [0, 0.1) is 18.6 Å². The molecule has 2 aromatic heterocycles. The number of amides is 1. The molecule has 0 spiro atoms. The van der Waals surface area contributed by atoms with Crippen LogP contribution in [0.15, 0.2) is 160 Å². The van der Waals surface area contributed by atoms with E-state index in [1.54, 1.807) is 55.5 Å². The summed E-state index contributed by atoms with van der Waals surface area (Å²) in [7, 11) is 0. The molecule has 1 atom stereocenters. The molecule has 0 bridgehead atoms. The molecule has 1 unspecified atom stereocenters.